The van der Waals surface area contributed by atoms with E-state index >= 15 is 0 Å². The van der Waals surface area contributed by atoms with Crippen LogP contribution in [0, 0.1) is 0 Å². The van der Waals surface area contributed by atoms with Crippen LogP contribution in [-0.4, -0.2) is 47.9 Å². The van der Waals surface area contributed by atoms with Crippen molar-refractivity contribution < 1.29 is 55.8 Å². The Bertz CT molecular complexity index is 1180. The van der Waals surface area contributed by atoms with E-state index in [1.165, 1.54) is 12.1 Å². The van der Waals surface area contributed by atoms with Gasteiger partial charge in [-0.1, -0.05) is 31.4 Å². The average molecular weight is 548 g/mol. The number of benzene rings is 1. The van der Waals surface area contributed by atoms with Crippen molar-refractivity contribution in [3.05, 3.63) is 29.8 Å². The summed E-state index contributed by atoms with van der Waals surface area (Å²) in [6.45, 7) is 0. The summed E-state index contributed by atoms with van der Waals surface area (Å²) in [4.78, 5) is 0. The summed E-state index contributed by atoms with van der Waals surface area (Å²) in [7, 11) is -19.1. The lowest BCUT2D eigenvalue weighted by Gasteiger charge is -2.30. The molecule has 33 heavy (non-hydrogen) atoms. The van der Waals surface area contributed by atoms with Crippen LogP contribution < -0.4 is 8.31 Å². The Morgan fingerprint density at radius 3 is 1.76 bits per heavy atom. The Hall–Kier alpha value is -1.59. The summed E-state index contributed by atoms with van der Waals surface area (Å²) in [6.07, 6.45) is 4.49. The van der Waals surface area contributed by atoms with E-state index in [0.29, 0.717) is 5.56 Å². The van der Waals surface area contributed by atoms with Gasteiger partial charge in [-0.3, -0.25) is 0 Å². The second-order valence-electron chi connectivity index (χ2n) is 7.41. The van der Waals surface area contributed by atoms with Crippen molar-refractivity contribution >= 4 is 30.2 Å². The predicted molar refractivity (Wildman–Crippen MR) is 104 cm³/mol. The molecule has 0 heterocycles. The fourth-order valence-electron chi connectivity index (χ4n) is 3.16. The van der Waals surface area contributed by atoms with E-state index in [9.17, 15) is 51.6 Å². The van der Waals surface area contributed by atoms with Gasteiger partial charge in [0, 0.05) is 0 Å². The van der Waals surface area contributed by atoms with Crippen molar-refractivity contribution in [3.8, 4) is 5.75 Å². The molecule has 0 atom stereocenters. The van der Waals surface area contributed by atoms with Crippen LogP contribution >= 0.6 is 0 Å². The molecule has 0 amide bonds. The van der Waals surface area contributed by atoms with Gasteiger partial charge in [-0.15, -0.1) is 4.13 Å². The molecule has 0 radical (unpaired) electrons. The van der Waals surface area contributed by atoms with Crippen LogP contribution in [0.3, 0.4) is 0 Å². The molecule has 0 spiro atoms. The van der Waals surface area contributed by atoms with Crippen molar-refractivity contribution in [1.29, 1.82) is 0 Å². The van der Waals surface area contributed by atoms with Crippen molar-refractivity contribution in [2.75, 3.05) is 6.26 Å². The van der Waals surface area contributed by atoms with Gasteiger partial charge in [-0.2, -0.15) is 34.8 Å². The van der Waals surface area contributed by atoms with E-state index in [1.807, 2.05) is 0 Å². The summed E-state index contributed by atoms with van der Waals surface area (Å²) in [5.41, 5.74) is 0.695. The smallest absolute Gasteiger partial charge is 0.378 e. The van der Waals surface area contributed by atoms with Crippen LogP contribution in [0.5, 0.6) is 5.75 Å². The highest BCUT2D eigenvalue weighted by Crippen LogP contribution is 2.51. The largest absolute Gasteiger partial charge is 0.450 e. The molecule has 1 saturated carbocycles. The van der Waals surface area contributed by atoms with Gasteiger partial charge in [0.2, 0.25) is 10.0 Å². The number of alkyl halides is 6. The van der Waals surface area contributed by atoms with E-state index < -0.39 is 52.3 Å². The van der Waals surface area contributed by atoms with Gasteiger partial charge < -0.3 is 4.18 Å². The molecular formula is C16H19F6NO7S3. The van der Waals surface area contributed by atoms with Gasteiger partial charge >= 0.3 is 26.5 Å². The second kappa shape index (κ2) is 8.88. The van der Waals surface area contributed by atoms with Gasteiger partial charge in [0.05, 0.1) is 6.26 Å². The molecule has 2 rings (SSSR count). The first-order valence-corrected chi connectivity index (χ1v) is 13.9. The zero-order valence-electron chi connectivity index (χ0n) is 16.8. The fraction of sp³-hybridized carbons (Fsp3) is 0.625. The van der Waals surface area contributed by atoms with E-state index in [-0.39, 0.29) is 16.3 Å². The number of halogens is 6. The van der Waals surface area contributed by atoms with Crippen LogP contribution in [0.4, 0.5) is 26.3 Å². The summed E-state index contributed by atoms with van der Waals surface area (Å²) in [6, 6.07) is 4.31. The average Bonchev–Trinajstić information content (AvgIpc) is 2.66. The summed E-state index contributed by atoms with van der Waals surface area (Å²) >= 11 is 0. The molecule has 1 fully saturated rings. The van der Waals surface area contributed by atoms with Gasteiger partial charge in [0.25, 0.3) is 10.0 Å². The number of rotatable bonds is 9. The molecule has 0 saturated heterocycles. The molecule has 1 aromatic carbocycles. The van der Waals surface area contributed by atoms with Crippen LogP contribution in [0.25, 0.3) is 0 Å². The Morgan fingerprint density at radius 2 is 1.30 bits per heavy atom. The number of sulfonamides is 2. The molecule has 0 bridgehead atoms. The Kier molecular flexibility index (Phi) is 7.45. The maximum absolute atomic E-state index is 14.1. The fourth-order valence-corrected chi connectivity index (χ4v) is 6.61. The Morgan fingerprint density at radius 1 is 0.818 bits per heavy atom. The highest BCUT2D eigenvalue weighted by Gasteiger charge is 2.83. The van der Waals surface area contributed by atoms with Crippen molar-refractivity contribution in [2.24, 2.45) is 0 Å². The molecule has 190 valence electrons. The molecule has 0 unspecified atom stereocenters. The molecule has 0 aromatic heterocycles. The lowest BCUT2D eigenvalue weighted by atomic mass is 9.84. The van der Waals surface area contributed by atoms with Crippen molar-refractivity contribution in [1.82, 2.24) is 4.13 Å². The molecule has 17 heteroatoms. The van der Waals surface area contributed by atoms with Gasteiger partial charge in [0.1, 0.15) is 5.75 Å². The van der Waals surface area contributed by atoms with Crippen molar-refractivity contribution in [2.45, 2.75) is 54.5 Å². The van der Waals surface area contributed by atoms with Crippen molar-refractivity contribution in [3.63, 3.8) is 0 Å². The maximum Gasteiger partial charge on any atom is 0.450 e. The SMILES string of the molecule is CS(=O)(=O)NS(=O)(=O)C(F)(F)C(F)(F)C(F)(F)S(=O)(=O)Oc1ccc(C2CCCCC2)cc1. The highest BCUT2D eigenvalue weighted by molar-refractivity contribution is 8.04. The predicted octanol–water partition coefficient (Wildman–Crippen LogP) is 3.14. The minimum Gasteiger partial charge on any atom is -0.378 e. The van der Waals surface area contributed by atoms with E-state index in [4.69, 9.17) is 0 Å². The molecule has 1 aromatic rings. The van der Waals surface area contributed by atoms with E-state index in [1.54, 1.807) is 0 Å². The third-order valence-electron chi connectivity index (χ3n) is 4.81. The first-order chi connectivity index (χ1) is 14.8. The molecule has 0 aliphatic heterocycles. The zero-order chi connectivity index (χ0) is 25.5. The molecule has 1 aliphatic rings. The van der Waals surface area contributed by atoms with Gasteiger partial charge in [-0.25, -0.2) is 16.8 Å². The number of nitrogens with one attached hydrogen (secondary N) is 1. The second-order valence-corrected chi connectivity index (χ2v) is 12.7. The Balaban J connectivity index is 2.34. The quantitative estimate of drug-likeness (QED) is 0.372. The van der Waals surface area contributed by atoms with Gasteiger partial charge in [0.15, 0.2) is 0 Å². The van der Waals surface area contributed by atoms with Crippen LogP contribution in [0.15, 0.2) is 24.3 Å². The molecule has 1 aliphatic carbocycles. The van der Waals surface area contributed by atoms with E-state index in [2.05, 4.69) is 4.18 Å². The molecule has 8 nitrogen and oxygen atoms in total. The molecule has 1 N–H and O–H groups in total. The summed E-state index contributed by atoms with van der Waals surface area (Å²) < 4.78 is 156. The lowest BCUT2D eigenvalue weighted by Crippen LogP contribution is -2.63. The normalized spacial score (nSPS) is 17.7. The topological polar surface area (TPSA) is 124 Å². The van der Waals surface area contributed by atoms with E-state index in [0.717, 1.165) is 44.2 Å². The summed E-state index contributed by atoms with van der Waals surface area (Å²) in [5, 5.41) is -13.7. The standard InChI is InChI=1S/C16H19F6NO7S3/c1-31(24,25)23-32(26,27)15(19,20)14(17,18)16(21,22)33(28,29)30-13-9-7-12(8-10-13)11-5-3-2-4-6-11/h7-11,23H,2-6H2,1H3. The first-order valence-electron chi connectivity index (χ1n) is 9.16. The van der Waals surface area contributed by atoms with Gasteiger partial charge in [-0.05, 0) is 36.5 Å². The highest BCUT2D eigenvalue weighted by atomic mass is 32.3. The number of hydrogen-bond donors (Lipinski definition) is 1. The lowest BCUT2D eigenvalue weighted by molar-refractivity contribution is -0.245. The maximum atomic E-state index is 14.1. The third kappa shape index (κ3) is 5.40. The van der Waals surface area contributed by atoms with Crippen LogP contribution in [-0.2, 0) is 30.2 Å². The van der Waals surface area contributed by atoms with Crippen LogP contribution in [0.1, 0.15) is 43.6 Å². The first kappa shape index (κ1) is 27.7. The minimum atomic E-state index is -7.14. The minimum absolute atomic E-state index is 0.0340. The Labute approximate surface area is 186 Å². The monoisotopic (exact) mass is 547 g/mol. The van der Waals surface area contributed by atoms with Crippen LogP contribution in [0.2, 0.25) is 0 Å². The summed E-state index contributed by atoms with van der Waals surface area (Å²) in [5.74, 6) is -7.95. The zero-order valence-corrected chi connectivity index (χ0v) is 19.2. The number of hydrogen-bond acceptors (Lipinski definition) is 7. The molecular weight excluding hydrogens is 528 g/mol. The third-order valence-corrected chi connectivity index (χ3v) is 9.12.